The van der Waals surface area contributed by atoms with Crippen molar-refractivity contribution >= 4 is 28.3 Å². The number of hydroxylamine groups is 2. The van der Waals surface area contributed by atoms with Gasteiger partial charge < -0.3 is 9.88 Å². The molecule has 0 radical (unpaired) electrons. The van der Waals surface area contributed by atoms with E-state index in [1.807, 2.05) is 40.2 Å². The maximum atomic E-state index is 13.1. The van der Waals surface area contributed by atoms with Gasteiger partial charge in [-0.2, -0.15) is 15.1 Å². The van der Waals surface area contributed by atoms with Gasteiger partial charge in [0.2, 0.25) is 5.95 Å². The first-order valence-electron chi connectivity index (χ1n) is 11.9. The summed E-state index contributed by atoms with van der Waals surface area (Å²) in [5.41, 5.74) is 3.29. The van der Waals surface area contributed by atoms with E-state index in [-0.39, 0.29) is 18.2 Å². The second-order valence-electron chi connectivity index (χ2n) is 9.00. The van der Waals surface area contributed by atoms with Gasteiger partial charge in [-0.3, -0.25) is 9.63 Å². The molecule has 0 spiro atoms. The van der Waals surface area contributed by atoms with Gasteiger partial charge in [-0.25, -0.2) is 14.1 Å². The molecule has 180 valence electrons. The fourth-order valence-electron chi connectivity index (χ4n) is 4.47. The van der Waals surface area contributed by atoms with Crippen LogP contribution in [0.15, 0.2) is 49.1 Å². The Morgan fingerprint density at radius 3 is 2.94 bits per heavy atom. The molecule has 1 saturated heterocycles. The number of alkyl halides is 1. The van der Waals surface area contributed by atoms with Gasteiger partial charge in [0.25, 0.3) is 0 Å². The molecule has 35 heavy (non-hydrogen) atoms. The minimum atomic E-state index is -0.484. The van der Waals surface area contributed by atoms with Crippen LogP contribution in [-0.2, 0) is 17.9 Å². The normalized spacial score (nSPS) is 16.3. The Balaban J connectivity index is 1.25. The summed E-state index contributed by atoms with van der Waals surface area (Å²) < 4.78 is 16.6. The first-order chi connectivity index (χ1) is 17.2. The molecule has 0 atom stereocenters. The van der Waals surface area contributed by atoms with Crippen molar-refractivity contribution in [1.29, 1.82) is 0 Å². The Kier molecular flexibility index (Phi) is 5.75. The van der Waals surface area contributed by atoms with Crippen LogP contribution in [0.3, 0.4) is 0 Å². The lowest BCUT2D eigenvalue weighted by atomic mass is 10.1. The van der Waals surface area contributed by atoms with Crippen molar-refractivity contribution in [2.24, 2.45) is 5.92 Å². The summed E-state index contributed by atoms with van der Waals surface area (Å²) >= 11 is 0. The van der Waals surface area contributed by atoms with Crippen molar-refractivity contribution < 1.29 is 14.0 Å². The number of nitrogens with one attached hydrogen (secondary N) is 1. The van der Waals surface area contributed by atoms with Gasteiger partial charge in [0.1, 0.15) is 6.67 Å². The summed E-state index contributed by atoms with van der Waals surface area (Å²) in [6.45, 7) is 2.10. The van der Waals surface area contributed by atoms with Crippen LogP contribution in [-0.4, -0.2) is 55.0 Å². The van der Waals surface area contributed by atoms with E-state index in [4.69, 9.17) is 4.84 Å². The van der Waals surface area contributed by atoms with E-state index in [1.54, 1.807) is 23.1 Å². The zero-order chi connectivity index (χ0) is 23.8. The summed E-state index contributed by atoms with van der Waals surface area (Å²) in [6.07, 6.45) is 10.1. The van der Waals surface area contributed by atoms with Crippen LogP contribution < -0.4 is 5.32 Å². The standard InChI is InChI=1S/C25H26FN7O2/c26-7-10-31-16-21(24(34)18-2-3-18)20-12-19(4-5-22(20)31)29-25-27-8-6-23(30-25)33-15-17(13-28-33)14-32-9-1-11-35-32/h4-6,8,12-13,15-16,18H,1-3,7,9-11,14H2,(H,27,29,30). The third-order valence-corrected chi connectivity index (χ3v) is 6.37. The quantitative estimate of drug-likeness (QED) is 0.365. The van der Waals surface area contributed by atoms with Crippen LogP contribution in [0, 0.1) is 5.92 Å². The zero-order valence-corrected chi connectivity index (χ0v) is 19.2. The number of fused-ring (bicyclic) bond motifs is 1. The van der Waals surface area contributed by atoms with Crippen molar-refractivity contribution in [2.75, 3.05) is 25.1 Å². The van der Waals surface area contributed by atoms with Gasteiger partial charge in [-0.1, -0.05) is 0 Å². The monoisotopic (exact) mass is 475 g/mol. The number of hydrogen-bond acceptors (Lipinski definition) is 7. The lowest BCUT2D eigenvalue weighted by molar-refractivity contribution is -0.117. The molecule has 0 bridgehead atoms. The van der Waals surface area contributed by atoms with Crippen molar-refractivity contribution in [3.8, 4) is 5.82 Å². The minimum absolute atomic E-state index is 0.0899. The number of rotatable bonds is 9. The van der Waals surface area contributed by atoms with E-state index in [0.29, 0.717) is 23.9 Å². The third-order valence-electron chi connectivity index (χ3n) is 6.37. The highest BCUT2D eigenvalue weighted by atomic mass is 19.1. The van der Waals surface area contributed by atoms with Gasteiger partial charge in [-0.15, -0.1) is 0 Å². The highest BCUT2D eigenvalue weighted by Gasteiger charge is 2.32. The highest BCUT2D eigenvalue weighted by molar-refractivity contribution is 6.10. The fraction of sp³-hybridized carbons (Fsp3) is 0.360. The summed E-state index contributed by atoms with van der Waals surface area (Å²) in [5.74, 6) is 1.28. The number of anilines is 2. The Bertz CT molecular complexity index is 1370. The minimum Gasteiger partial charge on any atom is -0.344 e. The molecular formula is C25H26FN7O2. The molecule has 0 amide bonds. The Morgan fingerprint density at radius 2 is 2.14 bits per heavy atom. The van der Waals surface area contributed by atoms with Crippen molar-refractivity contribution in [1.82, 2.24) is 29.4 Å². The average molecular weight is 476 g/mol. The van der Waals surface area contributed by atoms with Crippen molar-refractivity contribution in [3.63, 3.8) is 0 Å². The van der Waals surface area contributed by atoms with Crippen LogP contribution in [0.25, 0.3) is 16.7 Å². The van der Waals surface area contributed by atoms with E-state index in [0.717, 1.165) is 54.6 Å². The molecule has 6 rings (SSSR count). The first-order valence-corrected chi connectivity index (χ1v) is 11.9. The Morgan fingerprint density at radius 1 is 1.23 bits per heavy atom. The molecule has 0 unspecified atom stereocenters. The summed E-state index contributed by atoms with van der Waals surface area (Å²) in [6, 6.07) is 7.50. The van der Waals surface area contributed by atoms with E-state index in [9.17, 15) is 9.18 Å². The number of Topliss-reactive ketones (excluding diaryl/α,β-unsaturated/α-hetero) is 1. The van der Waals surface area contributed by atoms with Crippen LogP contribution in [0.4, 0.5) is 16.0 Å². The zero-order valence-electron chi connectivity index (χ0n) is 19.2. The second kappa shape index (κ2) is 9.20. The molecule has 2 aliphatic rings. The van der Waals surface area contributed by atoms with Crippen molar-refractivity contribution in [2.45, 2.75) is 32.4 Å². The van der Waals surface area contributed by atoms with E-state index in [1.165, 1.54) is 0 Å². The molecule has 4 heterocycles. The molecule has 3 aromatic heterocycles. The molecule has 1 N–H and O–H groups in total. The number of carbonyl (C=O) groups excluding carboxylic acids is 1. The lowest BCUT2D eigenvalue weighted by Crippen LogP contribution is -2.16. The summed E-state index contributed by atoms with van der Waals surface area (Å²) in [5, 5.41) is 10.4. The number of aromatic nitrogens is 5. The van der Waals surface area contributed by atoms with Crippen molar-refractivity contribution in [3.05, 3.63) is 60.2 Å². The molecule has 4 aromatic rings. The molecular weight excluding hydrogens is 449 g/mol. The van der Waals surface area contributed by atoms with Crippen LogP contribution in [0.2, 0.25) is 0 Å². The predicted octanol–water partition coefficient (Wildman–Crippen LogP) is 4.06. The Labute approximate surface area is 201 Å². The molecule has 2 fully saturated rings. The van der Waals surface area contributed by atoms with Gasteiger partial charge in [-0.05, 0) is 37.5 Å². The van der Waals surface area contributed by atoms with Gasteiger partial charge in [0.05, 0.1) is 25.9 Å². The maximum absolute atomic E-state index is 13.1. The average Bonchev–Trinajstić information content (AvgIpc) is 3.24. The lowest BCUT2D eigenvalue weighted by Gasteiger charge is -2.11. The van der Waals surface area contributed by atoms with Gasteiger partial charge >= 0.3 is 0 Å². The number of carbonyl (C=O) groups is 1. The SMILES string of the molecule is O=C(c1cn(CCF)c2ccc(Nc3nccc(-n4cc(CN5CCCO5)cn4)n3)cc12)C1CC1. The first kappa shape index (κ1) is 21.9. The van der Waals surface area contributed by atoms with Gasteiger partial charge in [0, 0.05) is 64.8 Å². The van der Waals surface area contributed by atoms with Crippen LogP contribution >= 0.6 is 0 Å². The van der Waals surface area contributed by atoms with Crippen LogP contribution in [0.1, 0.15) is 35.2 Å². The number of aryl methyl sites for hydroxylation is 1. The molecule has 9 nitrogen and oxygen atoms in total. The van der Waals surface area contributed by atoms with Crippen LogP contribution in [0.5, 0.6) is 0 Å². The molecule has 10 heteroatoms. The number of benzene rings is 1. The van der Waals surface area contributed by atoms with Gasteiger partial charge in [0.15, 0.2) is 11.6 Å². The number of halogens is 1. The van der Waals surface area contributed by atoms with E-state index < -0.39 is 6.67 Å². The molecule has 1 saturated carbocycles. The fourth-order valence-corrected chi connectivity index (χ4v) is 4.47. The van der Waals surface area contributed by atoms with E-state index in [2.05, 4.69) is 20.4 Å². The smallest absolute Gasteiger partial charge is 0.229 e. The third kappa shape index (κ3) is 4.54. The second-order valence-corrected chi connectivity index (χ2v) is 9.00. The molecule has 1 aliphatic carbocycles. The predicted molar refractivity (Wildman–Crippen MR) is 128 cm³/mol. The number of ketones is 1. The highest BCUT2D eigenvalue weighted by Crippen LogP contribution is 2.36. The maximum Gasteiger partial charge on any atom is 0.229 e. The molecule has 1 aliphatic heterocycles. The van der Waals surface area contributed by atoms with E-state index >= 15 is 0 Å². The Hall–Kier alpha value is -3.63. The molecule has 1 aromatic carbocycles. The number of nitrogens with zero attached hydrogens (tertiary/aromatic N) is 6. The summed E-state index contributed by atoms with van der Waals surface area (Å²) in [4.78, 5) is 27.4. The number of hydrogen-bond donors (Lipinski definition) is 1. The largest absolute Gasteiger partial charge is 0.344 e. The topological polar surface area (TPSA) is 90.1 Å². The summed E-state index contributed by atoms with van der Waals surface area (Å²) in [7, 11) is 0.